The van der Waals surface area contributed by atoms with E-state index in [1.165, 1.54) is 0 Å². The number of amides is 1. The van der Waals surface area contributed by atoms with Crippen molar-refractivity contribution in [1.29, 1.82) is 0 Å². The number of fused-ring (bicyclic) bond motifs is 1. The molecule has 0 aromatic heterocycles. The zero-order chi connectivity index (χ0) is 19.6. The molecule has 0 aliphatic carbocycles. The maximum absolute atomic E-state index is 12.6. The molecule has 0 saturated heterocycles. The standard InChI is InChI=1S/C25H19N3O/c29-25-23-22(16-26-25)27-20-8-4-5-9-21(20)28-24(23)19-14-12-18(13-15-19)11-10-17-6-2-1-3-7-17/h1-9,12-15,24,27-28H,16H2,(H,26,29). The first-order valence-corrected chi connectivity index (χ1v) is 9.59. The molecule has 5 rings (SSSR count). The summed E-state index contributed by atoms with van der Waals surface area (Å²) < 4.78 is 0. The summed E-state index contributed by atoms with van der Waals surface area (Å²) in [6.07, 6.45) is 0. The molecule has 3 aromatic carbocycles. The van der Waals surface area contributed by atoms with Crippen LogP contribution in [-0.2, 0) is 4.79 Å². The highest BCUT2D eigenvalue weighted by Gasteiger charge is 2.33. The van der Waals surface area contributed by atoms with E-state index in [0.29, 0.717) is 6.54 Å². The van der Waals surface area contributed by atoms with Gasteiger partial charge in [-0.3, -0.25) is 4.79 Å². The fourth-order valence-electron chi connectivity index (χ4n) is 3.70. The first kappa shape index (κ1) is 17.2. The van der Waals surface area contributed by atoms with E-state index in [2.05, 4.69) is 27.8 Å². The molecule has 0 fully saturated rings. The topological polar surface area (TPSA) is 53.2 Å². The SMILES string of the molecule is O=C1NCC2=C1C(c1ccc(C#Cc3ccccc3)cc1)Nc1ccccc1N2. The lowest BCUT2D eigenvalue weighted by Crippen LogP contribution is -2.24. The summed E-state index contributed by atoms with van der Waals surface area (Å²) in [5, 5.41) is 9.88. The van der Waals surface area contributed by atoms with E-state index in [-0.39, 0.29) is 11.9 Å². The molecule has 3 N–H and O–H groups in total. The first-order valence-electron chi connectivity index (χ1n) is 9.59. The predicted octanol–water partition coefficient (Wildman–Crippen LogP) is 4.05. The van der Waals surface area contributed by atoms with Crippen LogP contribution in [-0.4, -0.2) is 12.5 Å². The average molecular weight is 377 g/mol. The van der Waals surface area contributed by atoms with Crippen LogP contribution in [0.25, 0.3) is 0 Å². The van der Waals surface area contributed by atoms with Gasteiger partial charge in [0.1, 0.15) is 0 Å². The molecule has 140 valence electrons. The minimum Gasteiger partial charge on any atom is -0.372 e. The third-order valence-electron chi connectivity index (χ3n) is 5.17. The maximum atomic E-state index is 12.6. The van der Waals surface area contributed by atoms with Crippen molar-refractivity contribution in [2.45, 2.75) is 6.04 Å². The van der Waals surface area contributed by atoms with Gasteiger partial charge in [-0.05, 0) is 42.0 Å². The summed E-state index contributed by atoms with van der Waals surface area (Å²) in [6, 6.07) is 25.8. The zero-order valence-corrected chi connectivity index (χ0v) is 15.7. The lowest BCUT2D eigenvalue weighted by atomic mass is 9.96. The summed E-state index contributed by atoms with van der Waals surface area (Å²) in [4.78, 5) is 12.6. The number of hydrogen-bond donors (Lipinski definition) is 3. The highest BCUT2D eigenvalue weighted by atomic mass is 16.2. The van der Waals surface area contributed by atoms with Crippen LogP contribution < -0.4 is 16.0 Å². The van der Waals surface area contributed by atoms with Crippen LogP contribution >= 0.6 is 0 Å². The zero-order valence-electron chi connectivity index (χ0n) is 15.7. The Morgan fingerprint density at radius 1 is 0.759 bits per heavy atom. The molecule has 4 nitrogen and oxygen atoms in total. The van der Waals surface area contributed by atoms with Gasteiger partial charge in [-0.2, -0.15) is 0 Å². The van der Waals surface area contributed by atoms with Crippen LogP contribution in [0.5, 0.6) is 0 Å². The van der Waals surface area contributed by atoms with Gasteiger partial charge in [0.15, 0.2) is 0 Å². The van der Waals surface area contributed by atoms with E-state index >= 15 is 0 Å². The molecule has 3 aromatic rings. The Hall–Kier alpha value is -3.97. The van der Waals surface area contributed by atoms with Crippen molar-refractivity contribution in [3.63, 3.8) is 0 Å². The quantitative estimate of drug-likeness (QED) is 0.561. The third kappa shape index (κ3) is 3.35. The second-order valence-corrected chi connectivity index (χ2v) is 7.06. The summed E-state index contributed by atoms with van der Waals surface area (Å²) in [5.74, 6) is 6.34. The van der Waals surface area contributed by atoms with Crippen molar-refractivity contribution in [2.24, 2.45) is 0 Å². The first-order chi connectivity index (χ1) is 14.3. The maximum Gasteiger partial charge on any atom is 0.251 e. The van der Waals surface area contributed by atoms with Gasteiger partial charge in [0.25, 0.3) is 5.91 Å². The van der Waals surface area contributed by atoms with Crippen LogP contribution in [0.15, 0.2) is 90.1 Å². The normalized spacial score (nSPS) is 17.0. The van der Waals surface area contributed by atoms with Gasteiger partial charge in [0, 0.05) is 16.8 Å². The van der Waals surface area contributed by atoms with Gasteiger partial charge in [0.05, 0.1) is 29.5 Å². The van der Waals surface area contributed by atoms with Crippen molar-refractivity contribution in [1.82, 2.24) is 5.32 Å². The third-order valence-corrected chi connectivity index (χ3v) is 5.17. The fourth-order valence-corrected chi connectivity index (χ4v) is 3.70. The number of carbonyl (C=O) groups excluding carboxylic acids is 1. The van der Waals surface area contributed by atoms with E-state index in [0.717, 1.165) is 39.3 Å². The van der Waals surface area contributed by atoms with Crippen LogP contribution in [0.4, 0.5) is 11.4 Å². The van der Waals surface area contributed by atoms with Crippen molar-refractivity contribution >= 4 is 17.3 Å². The Morgan fingerprint density at radius 2 is 1.41 bits per heavy atom. The highest BCUT2D eigenvalue weighted by molar-refractivity contribution is 6.00. The number of benzene rings is 3. The molecule has 0 radical (unpaired) electrons. The average Bonchev–Trinajstić information content (AvgIpc) is 3.03. The lowest BCUT2D eigenvalue weighted by Gasteiger charge is -2.20. The van der Waals surface area contributed by atoms with Gasteiger partial charge < -0.3 is 16.0 Å². The molecule has 0 spiro atoms. The number of anilines is 2. The Labute approximate surface area is 169 Å². The lowest BCUT2D eigenvalue weighted by molar-refractivity contribution is -0.116. The number of para-hydroxylation sites is 2. The van der Waals surface area contributed by atoms with Gasteiger partial charge in [0.2, 0.25) is 0 Å². The molecule has 1 unspecified atom stereocenters. The fraction of sp³-hybridized carbons (Fsp3) is 0.0800. The molecule has 0 saturated carbocycles. The van der Waals surface area contributed by atoms with Gasteiger partial charge in [-0.1, -0.05) is 54.3 Å². The van der Waals surface area contributed by atoms with Crippen molar-refractivity contribution in [2.75, 3.05) is 17.2 Å². The molecule has 29 heavy (non-hydrogen) atoms. The minimum absolute atomic E-state index is 0.0363. The summed E-state index contributed by atoms with van der Waals surface area (Å²) in [7, 11) is 0. The smallest absolute Gasteiger partial charge is 0.251 e. The van der Waals surface area contributed by atoms with E-state index < -0.39 is 0 Å². The number of rotatable bonds is 1. The second kappa shape index (κ2) is 7.21. The highest BCUT2D eigenvalue weighted by Crippen LogP contribution is 2.37. The Morgan fingerprint density at radius 3 is 2.17 bits per heavy atom. The Bertz CT molecular complexity index is 1170. The van der Waals surface area contributed by atoms with Gasteiger partial charge >= 0.3 is 0 Å². The number of carbonyl (C=O) groups is 1. The molecule has 4 heteroatoms. The monoisotopic (exact) mass is 377 g/mol. The molecular weight excluding hydrogens is 358 g/mol. The van der Waals surface area contributed by atoms with Crippen molar-refractivity contribution < 1.29 is 4.79 Å². The van der Waals surface area contributed by atoms with Crippen LogP contribution in [0.3, 0.4) is 0 Å². The Kier molecular flexibility index (Phi) is 4.27. The molecule has 1 amide bonds. The summed E-state index contributed by atoms with van der Waals surface area (Å²) >= 11 is 0. The van der Waals surface area contributed by atoms with Gasteiger partial charge in [-0.15, -0.1) is 0 Å². The summed E-state index contributed by atoms with van der Waals surface area (Å²) in [5.41, 5.74) is 6.57. The van der Waals surface area contributed by atoms with E-state index in [1.54, 1.807) is 0 Å². The van der Waals surface area contributed by atoms with E-state index in [4.69, 9.17) is 0 Å². The molecule has 2 aliphatic heterocycles. The molecule has 0 bridgehead atoms. The molecular formula is C25H19N3O. The van der Waals surface area contributed by atoms with E-state index in [9.17, 15) is 4.79 Å². The van der Waals surface area contributed by atoms with Crippen molar-refractivity contribution in [3.05, 3.63) is 107 Å². The van der Waals surface area contributed by atoms with Crippen molar-refractivity contribution in [3.8, 4) is 11.8 Å². The van der Waals surface area contributed by atoms with Crippen LogP contribution in [0, 0.1) is 11.8 Å². The van der Waals surface area contributed by atoms with E-state index in [1.807, 2.05) is 78.9 Å². The summed E-state index contributed by atoms with van der Waals surface area (Å²) in [6.45, 7) is 0.515. The largest absolute Gasteiger partial charge is 0.372 e. The van der Waals surface area contributed by atoms with Gasteiger partial charge in [-0.25, -0.2) is 0 Å². The van der Waals surface area contributed by atoms with Crippen LogP contribution in [0.1, 0.15) is 22.7 Å². The Balaban J connectivity index is 1.48. The predicted molar refractivity (Wildman–Crippen MR) is 115 cm³/mol. The second-order valence-electron chi connectivity index (χ2n) is 7.06. The minimum atomic E-state index is -0.222. The number of hydrogen-bond acceptors (Lipinski definition) is 3. The van der Waals surface area contributed by atoms with Crippen LogP contribution in [0.2, 0.25) is 0 Å². The number of nitrogens with one attached hydrogen (secondary N) is 3. The molecule has 2 aliphatic rings. The molecule has 2 heterocycles. The molecule has 1 atom stereocenters.